The molecular formula is C25H33ClF2. The molecule has 0 aromatic heterocycles. The topological polar surface area (TPSA) is 0 Å². The zero-order valence-electron chi connectivity index (χ0n) is 17.0. The maximum absolute atomic E-state index is 13.9. The maximum atomic E-state index is 13.9. The first-order valence-corrected chi connectivity index (χ1v) is 11.7. The monoisotopic (exact) mass is 406 g/mol. The van der Waals surface area contributed by atoms with Gasteiger partial charge in [-0.2, -0.15) is 0 Å². The van der Waals surface area contributed by atoms with Crippen molar-refractivity contribution in [3.8, 4) is 0 Å². The Morgan fingerprint density at radius 2 is 1.57 bits per heavy atom. The van der Waals surface area contributed by atoms with Crippen LogP contribution >= 0.6 is 11.6 Å². The number of hydrogen-bond acceptors (Lipinski definition) is 0. The molecule has 0 aliphatic heterocycles. The van der Waals surface area contributed by atoms with Crippen LogP contribution in [0.15, 0.2) is 24.3 Å². The Bertz CT molecular complexity index is 689. The standard InChI is InChI=1S/C25H33ClF2/c1-2-3-4-5-16-6-10-21-18(12-16)7-8-19-13-17(9-11-22(19)21)20-14-23(27)25(26)24(28)15-20/h2-3,14-19,21-22H,4-13H2,1H3/b3-2+. The second-order valence-electron chi connectivity index (χ2n) is 9.56. The molecule has 3 aliphatic carbocycles. The molecule has 3 aliphatic rings. The summed E-state index contributed by atoms with van der Waals surface area (Å²) in [5.41, 5.74) is 0.813. The zero-order chi connectivity index (χ0) is 19.7. The summed E-state index contributed by atoms with van der Waals surface area (Å²) in [7, 11) is 0. The van der Waals surface area contributed by atoms with Crippen LogP contribution in [0.1, 0.15) is 82.6 Å². The van der Waals surface area contributed by atoms with Crippen molar-refractivity contribution in [3.63, 3.8) is 0 Å². The van der Waals surface area contributed by atoms with Crippen molar-refractivity contribution in [1.29, 1.82) is 0 Å². The van der Waals surface area contributed by atoms with Crippen molar-refractivity contribution in [2.75, 3.05) is 0 Å². The van der Waals surface area contributed by atoms with Gasteiger partial charge in [0.15, 0.2) is 0 Å². The lowest BCUT2D eigenvalue weighted by atomic mass is 9.55. The summed E-state index contributed by atoms with van der Waals surface area (Å²) in [6, 6.07) is 2.94. The summed E-state index contributed by atoms with van der Waals surface area (Å²) in [6.07, 6.45) is 17.4. The molecule has 0 saturated heterocycles. The molecule has 3 heteroatoms. The number of rotatable bonds is 4. The Morgan fingerprint density at radius 3 is 2.25 bits per heavy atom. The minimum Gasteiger partial charge on any atom is -0.205 e. The van der Waals surface area contributed by atoms with Crippen LogP contribution in [-0.4, -0.2) is 0 Å². The third-order valence-electron chi connectivity index (χ3n) is 8.10. The molecule has 0 radical (unpaired) electrons. The first kappa shape index (κ1) is 20.4. The van der Waals surface area contributed by atoms with Crippen molar-refractivity contribution >= 4 is 11.6 Å². The Hall–Kier alpha value is -0.890. The molecule has 1 aromatic rings. The van der Waals surface area contributed by atoms with Crippen molar-refractivity contribution in [2.45, 2.75) is 77.0 Å². The van der Waals surface area contributed by atoms with Crippen LogP contribution in [0.25, 0.3) is 0 Å². The van der Waals surface area contributed by atoms with Crippen LogP contribution in [0.3, 0.4) is 0 Å². The van der Waals surface area contributed by atoms with Crippen LogP contribution < -0.4 is 0 Å². The van der Waals surface area contributed by atoms with Crippen LogP contribution in [0.2, 0.25) is 5.02 Å². The van der Waals surface area contributed by atoms with E-state index >= 15 is 0 Å². The summed E-state index contributed by atoms with van der Waals surface area (Å²) in [4.78, 5) is 0. The highest BCUT2D eigenvalue weighted by Gasteiger charge is 2.44. The van der Waals surface area contributed by atoms with Crippen molar-refractivity contribution in [3.05, 3.63) is 46.5 Å². The van der Waals surface area contributed by atoms with Gasteiger partial charge < -0.3 is 0 Å². The van der Waals surface area contributed by atoms with Gasteiger partial charge in [0, 0.05) is 0 Å². The molecule has 6 atom stereocenters. The lowest BCUT2D eigenvalue weighted by Gasteiger charge is -2.51. The van der Waals surface area contributed by atoms with E-state index < -0.39 is 11.6 Å². The van der Waals surface area contributed by atoms with Gasteiger partial charge >= 0.3 is 0 Å². The Labute approximate surface area is 173 Å². The SMILES string of the molecule is C/C=C/CCC1CCC2C(CCC3CC(c4cc(F)c(Cl)c(F)c4)CCC32)C1. The molecule has 0 nitrogen and oxygen atoms in total. The molecular weight excluding hydrogens is 374 g/mol. The highest BCUT2D eigenvalue weighted by atomic mass is 35.5. The average Bonchev–Trinajstić information content (AvgIpc) is 2.71. The van der Waals surface area contributed by atoms with E-state index in [1.807, 2.05) is 0 Å². The van der Waals surface area contributed by atoms with Gasteiger partial charge in [-0.25, -0.2) is 8.78 Å². The van der Waals surface area contributed by atoms with Crippen LogP contribution in [0, 0.1) is 41.2 Å². The number of halogens is 3. The molecule has 0 N–H and O–H groups in total. The van der Waals surface area contributed by atoms with Gasteiger partial charge in [0.05, 0.1) is 0 Å². The smallest absolute Gasteiger partial charge is 0.145 e. The van der Waals surface area contributed by atoms with Gasteiger partial charge in [0.25, 0.3) is 0 Å². The van der Waals surface area contributed by atoms with Gasteiger partial charge in [0.1, 0.15) is 16.7 Å². The van der Waals surface area contributed by atoms with Crippen molar-refractivity contribution in [1.82, 2.24) is 0 Å². The van der Waals surface area contributed by atoms with Gasteiger partial charge in [-0.15, -0.1) is 0 Å². The van der Waals surface area contributed by atoms with Crippen molar-refractivity contribution < 1.29 is 8.78 Å². The van der Waals surface area contributed by atoms with E-state index in [0.29, 0.717) is 0 Å². The molecule has 28 heavy (non-hydrogen) atoms. The number of hydrogen-bond donors (Lipinski definition) is 0. The van der Waals surface area contributed by atoms with E-state index in [1.54, 1.807) is 0 Å². The molecule has 0 amide bonds. The molecule has 0 heterocycles. The first-order valence-electron chi connectivity index (χ1n) is 11.3. The summed E-state index contributed by atoms with van der Waals surface area (Å²) >= 11 is 5.67. The Kier molecular flexibility index (Phi) is 6.45. The predicted molar refractivity (Wildman–Crippen MR) is 113 cm³/mol. The van der Waals surface area contributed by atoms with Crippen molar-refractivity contribution in [2.24, 2.45) is 29.6 Å². The molecule has 3 fully saturated rings. The fraction of sp³-hybridized carbons (Fsp3) is 0.680. The van der Waals surface area contributed by atoms with E-state index in [2.05, 4.69) is 19.1 Å². The van der Waals surface area contributed by atoms with Gasteiger partial charge in [0.2, 0.25) is 0 Å². The number of benzene rings is 1. The summed E-state index contributed by atoms with van der Waals surface area (Å²) in [6.45, 7) is 2.11. The van der Waals surface area contributed by atoms with Crippen LogP contribution in [-0.2, 0) is 0 Å². The fourth-order valence-corrected chi connectivity index (χ4v) is 6.87. The van der Waals surface area contributed by atoms with E-state index in [1.165, 1.54) is 63.5 Å². The van der Waals surface area contributed by atoms with Crippen LogP contribution in [0.5, 0.6) is 0 Å². The second-order valence-corrected chi connectivity index (χ2v) is 9.94. The fourth-order valence-electron chi connectivity index (χ4n) is 6.77. The zero-order valence-corrected chi connectivity index (χ0v) is 17.7. The highest BCUT2D eigenvalue weighted by molar-refractivity contribution is 6.30. The van der Waals surface area contributed by atoms with Crippen LogP contribution in [0.4, 0.5) is 8.78 Å². The molecule has 154 valence electrons. The molecule has 4 rings (SSSR count). The molecule has 1 aromatic carbocycles. The largest absolute Gasteiger partial charge is 0.205 e. The van der Waals surface area contributed by atoms with Gasteiger partial charge in [-0.1, -0.05) is 30.2 Å². The van der Waals surface area contributed by atoms with E-state index in [-0.39, 0.29) is 10.9 Å². The number of allylic oxidation sites excluding steroid dienone is 2. The average molecular weight is 407 g/mol. The molecule has 3 saturated carbocycles. The predicted octanol–water partition coefficient (Wildman–Crippen LogP) is 8.30. The normalized spacial score (nSPS) is 35.6. The lowest BCUT2D eigenvalue weighted by Crippen LogP contribution is -2.41. The van der Waals surface area contributed by atoms with Gasteiger partial charge in [-0.3, -0.25) is 0 Å². The van der Waals surface area contributed by atoms with E-state index in [4.69, 9.17) is 11.6 Å². The quantitative estimate of drug-likeness (QED) is 0.348. The third kappa shape index (κ3) is 4.18. The summed E-state index contributed by atoms with van der Waals surface area (Å²) in [5.74, 6) is 3.39. The highest BCUT2D eigenvalue weighted by Crippen LogP contribution is 2.55. The van der Waals surface area contributed by atoms with Gasteiger partial charge in [-0.05, 0) is 118 Å². The van der Waals surface area contributed by atoms with E-state index in [9.17, 15) is 8.78 Å². The third-order valence-corrected chi connectivity index (χ3v) is 8.47. The Balaban J connectivity index is 1.38. The summed E-state index contributed by atoms with van der Waals surface area (Å²) in [5, 5.41) is -0.371. The summed E-state index contributed by atoms with van der Waals surface area (Å²) < 4.78 is 27.8. The Morgan fingerprint density at radius 1 is 0.929 bits per heavy atom. The number of fused-ring (bicyclic) bond motifs is 3. The molecule has 6 unspecified atom stereocenters. The first-order chi connectivity index (χ1) is 13.6. The second kappa shape index (κ2) is 8.86. The van der Waals surface area contributed by atoms with E-state index in [0.717, 1.165) is 48.0 Å². The minimum atomic E-state index is -0.612. The molecule has 0 bridgehead atoms. The maximum Gasteiger partial charge on any atom is 0.145 e. The molecule has 0 spiro atoms. The lowest BCUT2D eigenvalue weighted by molar-refractivity contribution is 0.00562. The minimum absolute atomic E-state index is 0.288.